The number of ether oxygens (including phenoxy) is 1. The van der Waals surface area contributed by atoms with E-state index >= 15 is 0 Å². The number of esters is 1. The maximum atomic E-state index is 12.5. The summed E-state index contributed by atoms with van der Waals surface area (Å²) in [5.41, 5.74) is 0.511. The first kappa shape index (κ1) is 21.5. The van der Waals surface area contributed by atoms with E-state index in [1.54, 1.807) is 24.3 Å². The van der Waals surface area contributed by atoms with E-state index in [1.165, 1.54) is 0 Å². The third kappa shape index (κ3) is 6.14. The van der Waals surface area contributed by atoms with Crippen LogP contribution >= 0.6 is 0 Å². The zero-order chi connectivity index (χ0) is 20.7. The molecule has 0 fully saturated rings. The molecule has 1 atom stereocenters. The highest BCUT2D eigenvalue weighted by molar-refractivity contribution is 7.86. The Morgan fingerprint density at radius 2 is 1.68 bits per heavy atom. The molecule has 0 saturated carbocycles. The van der Waals surface area contributed by atoms with Crippen LogP contribution in [0.4, 0.5) is 5.69 Å². The summed E-state index contributed by atoms with van der Waals surface area (Å²) >= 11 is 0. The fourth-order valence-electron chi connectivity index (χ4n) is 2.37. The van der Waals surface area contributed by atoms with Crippen LogP contribution in [0.25, 0.3) is 0 Å². The summed E-state index contributed by atoms with van der Waals surface area (Å²) in [7, 11) is -4.30. The monoisotopic (exact) mass is 407 g/mol. The minimum Gasteiger partial charge on any atom is -0.459 e. The molecule has 2 aromatic carbocycles. The van der Waals surface area contributed by atoms with E-state index in [0.29, 0.717) is 0 Å². The quantitative estimate of drug-likeness (QED) is 0.271. The van der Waals surface area contributed by atoms with Crippen LogP contribution in [-0.2, 0) is 30.4 Å². The Hall–Kier alpha value is -2.78. The standard InChI is InChI=1S/C19H21NO7S/c1-14(2)12-18(19(21)26-13-15-6-4-3-5-7-15)27-28(24,25)17-10-8-16(9-11-17)20(22)23/h3-11,14,18H,12-13H2,1-2H3/t18-/m1/s1. The molecular weight excluding hydrogens is 386 g/mol. The van der Waals surface area contributed by atoms with Crippen molar-refractivity contribution in [2.24, 2.45) is 5.92 Å². The van der Waals surface area contributed by atoms with Gasteiger partial charge in [0.05, 0.1) is 9.82 Å². The first-order chi connectivity index (χ1) is 13.2. The van der Waals surface area contributed by atoms with E-state index in [9.17, 15) is 23.3 Å². The second-order valence-corrected chi connectivity index (χ2v) is 8.08. The van der Waals surface area contributed by atoms with Crippen LogP contribution < -0.4 is 0 Å². The van der Waals surface area contributed by atoms with Gasteiger partial charge in [0.2, 0.25) is 0 Å². The van der Waals surface area contributed by atoms with Crippen molar-refractivity contribution in [1.29, 1.82) is 0 Å². The van der Waals surface area contributed by atoms with E-state index in [1.807, 2.05) is 19.9 Å². The third-order valence-electron chi connectivity index (χ3n) is 3.75. The SMILES string of the molecule is CC(C)C[C@@H](OS(=O)(=O)c1ccc([N+](=O)[O-])cc1)C(=O)OCc1ccccc1. The number of non-ortho nitro benzene ring substituents is 1. The normalized spacial score (nSPS) is 12.5. The van der Waals surface area contributed by atoms with Crippen molar-refractivity contribution in [1.82, 2.24) is 0 Å². The first-order valence-corrected chi connectivity index (χ1v) is 9.98. The van der Waals surface area contributed by atoms with Crippen LogP contribution in [0.1, 0.15) is 25.8 Å². The van der Waals surface area contributed by atoms with Crippen LogP contribution in [0.15, 0.2) is 59.5 Å². The lowest BCUT2D eigenvalue weighted by Gasteiger charge is -2.18. The van der Waals surface area contributed by atoms with Gasteiger partial charge in [-0.25, -0.2) is 4.79 Å². The molecule has 0 amide bonds. The highest BCUT2D eigenvalue weighted by atomic mass is 32.2. The average Bonchev–Trinajstić information content (AvgIpc) is 2.66. The predicted octanol–water partition coefficient (Wildman–Crippen LogP) is 3.46. The van der Waals surface area contributed by atoms with Crippen molar-refractivity contribution in [2.75, 3.05) is 0 Å². The second kappa shape index (κ2) is 9.43. The molecule has 0 heterocycles. The van der Waals surface area contributed by atoms with E-state index in [-0.39, 0.29) is 29.5 Å². The van der Waals surface area contributed by atoms with Gasteiger partial charge in [0.25, 0.3) is 15.8 Å². The second-order valence-electron chi connectivity index (χ2n) is 6.51. The number of hydrogen-bond donors (Lipinski definition) is 0. The molecule has 0 aromatic heterocycles. The molecule has 2 rings (SSSR count). The minimum absolute atomic E-state index is 0.00475. The number of nitrogens with zero attached hydrogens (tertiary/aromatic N) is 1. The van der Waals surface area contributed by atoms with E-state index in [2.05, 4.69) is 0 Å². The van der Waals surface area contributed by atoms with Gasteiger partial charge in [-0.05, 0) is 30.0 Å². The molecule has 8 nitrogen and oxygen atoms in total. The predicted molar refractivity (Wildman–Crippen MR) is 101 cm³/mol. The van der Waals surface area contributed by atoms with Crippen molar-refractivity contribution in [3.05, 3.63) is 70.3 Å². The Kier molecular flexibility index (Phi) is 7.24. The molecule has 0 saturated heterocycles. The first-order valence-electron chi connectivity index (χ1n) is 8.57. The lowest BCUT2D eigenvalue weighted by atomic mass is 10.1. The van der Waals surface area contributed by atoms with E-state index in [4.69, 9.17) is 8.92 Å². The molecule has 9 heteroatoms. The van der Waals surface area contributed by atoms with Crippen molar-refractivity contribution in [2.45, 2.75) is 37.9 Å². The molecule has 0 aliphatic carbocycles. The maximum Gasteiger partial charge on any atom is 0.337 e. The zero-order valence-corrected chi connectivity index (χ0v) is 16.3. The lowest BCUT2D eigenvalue weighted by Crippen LogP contribution is -2.30. The Balaban J connectivity index is 2.12. The Morgan fingerprint density at radius 1 is 1.07 bits per heavy atom. The number of rotatable bonds is 9. The van der Waals surface area contributed by atoms with Gasteiger partial charge in [-0.1, -0.05) is 44.2 Å². The summed E-state index contributed by atoms with van der Waals surface area (Å²) in [6.45, 7) is 3.63. The summed E-state index contributed by atoms with van der Waals surface area (Å²) in [6.07, 6.45) is -1.18. The van der Waals surface area contributed by atoms with Gasteiger partial charge in [0.1, 0.15) is 6.61 Å². The molecule has 150 valence electrons. The molecule has 0 aliphatic rings. The van der Waals surface area contributed by atoms with Crippen LogP contribution in [0, 0.1) is 16.0 Å². The van der Waals surface area contributed by atoms with Crippen molar-refractivity contribution >= 4 is 21.8 Å². The number of carbonyl (C=O) groups excluding carboxylic acids is 1. The fourth-order valence-corrected chi connectivity index (χ4v) is 3.41. The molecule has 0 N–H and O–H groups in total. The Labute approximate surface area is 163 Å². The molecule has 2 aromatic rings. The molecular formula is C19H21NO7S. The third-order valence-corrected chi connectivity index (χ3v) is 5.09. The Morgan fingerprint density at radius 3 is 2.21 bits per heavy atom. The van der Waals surface area contributed by atoms with Gasteiger partial charge in [0, 0.05) is 12.1 Å². The summed E-state index contributed by atoms with van der Waals surface area (Å²) in [4.78, 5) is 22.2. The molecule has 0 bridgehead atoms. The van der Waals surface area contributed by atoms with Gasteiger partial charge in [-0.15, -0.1) is 0 Å². The molecule has 28 heavy (non-hydrogen) atoms. The van der Waals surface area contributed by atoms with Crippen LogP contribution in [-0.4, -0.2) is 25.4 Å². The number of nitro benzene ring substituents is 1. The number of hydrogen-bond acceptors (Lipinski definition) is 7. The summed E-state index contributed by atoms with van der Waals surface area (Å²) in [6, 6.07) is 13.2. The number of benzene rings is 2. The van der Waals surface area contributed by atoms with Crippen molar-refractivity contribution < 1.29 is 27.1 Å². The van der Waals surface area contributed by atoms with Crippen molar-refractivity contribution in [3.8, 4) is 0 Å². The Bertz CT molecular complexity index is 909. The fraction of sp³-hybridized carbons (Fsp3) is 0.316. The van der Waals surface area contributed by atoms with Crippen LogP contribution in [0.2, 0.25) is 0 Å². The van der Waals surface area contributed by atoms with Gasteiger partial charge in [-0.3, -0.25) is 14.3 Å². The zero-order valence-electron chi connectivity index (χ0n) is 15.5. The molecule has 0 unspecified atom stereocenters. The smallest absolute Gasteiger partial charge is 0.337 e. The highest BCUT2D eigenvalue weighted by Gasteiger charge is 2.30. The molecule has 0 spiro atoms. The van der Waals surface area contributed by atoms with Crippen LogP contribution in [0.5, 0.6) is 0 Å². The van der Waals surface area contributed by atoms with E-state index in [0.717, 1.165) is 29.8 Å². The van der Waals surface area contributed by atoms with Crippen molar-refractivity contribution in [3.63, 3.8) is 0 Å². The molecule has 0 aliphatic heterocycles. The van der Waals surface area contributed by atoms with Gasteiger partial charge < -0.3 is 4.74 Å². The molecule has 0 radical (unpaired) electrons. The summed E-state index contributed by atoms with van der Waals surface area (Å²) in [5, 5.41) is 10.7. The minimum atomic E-state index is -4.30. The van der Waals surface area contributed by atoms with Gasteiger partial charge in [0.15, 0.2) is 6.10 Å². The van der Waals surface area contributed by atoms with E-state index < -0.39 is 27.1 Å². The largest absolute Gasteiger partial charge is 0.459 e. The number of nitro groups is 1. The maximum absolute atomic E-state index is 12.5. The topological polar surface area (TPSA) is 113 Å². The number of carbonyl (C=O) groups is 1. The summed E-state index contributed by atoms with van der Waals surface area (Å²) < 4.78 is 35.3. The van der Waals surface area contributed by atoms with Gasteiger partial charge >= 0.3 is 5.97 Å². The van der Waals surface area contributed by atoms with Gasteiger partial charge in [-0.2, -0.15) is 8.42 Å². The average molecular weight is 407 g/mol. The van der Waals surface area contributed by atoms with Crippen LogP contribution in [0.3, 0.4) is 0 Å². The lowest BCUT2D eigenvalue weighted by molar-refractivity contribution is -0.384. The summed E-state index contributed by atoms with van der Waals surface area (Å²) in [5.74, 6) is -0.815. The highest BCUT2D eigenvalue weighted by Crippen LogP contribution is 2.21.